The SMILES string of the molecule is Cc1noc2ncnc(NCCCN(C)C)c12. The lowest BCUT2D eigenvalue weighted by atomic mass is 10.3. The minimum Gasteiger partial charge on any atom is -0.369 e. The van der Waals surface area contributed by atoms with Gasteiger partial charge in [0.15, 0.2) is 0 Å². The van der Waals surface area contributed by atoms with E-state index in [1.165, 1.54) is 6.33 Å². The second-order valence-corrected chi connectivity index (χ2v) is 4.25. The Morgan fingerprint density at radius 2 is 2.18 bits per heavy atom. The van der Waals surface area contributed by atoms with Crippen molar-refractivity contribution in [3.05, 3.63) is 12.0 Å². The van der Waals surface area contributed by atoms with Gasteiger partial charge in [-0.25, -0.2) is 4.98 Å². The molecule has 92 valence electrons. The molecule has 2 rings (SSSR count). The molecule has 17 heavy (non-hydrogen) atoms. The third kappa shape index (κ3) is 2.71. The summed E-state index contributed by atoms with van der Waals surface area (Å²) in [6, 6.07) is 0. The van der Waals surface area contributed by atoms with E-state index in [0.717, 1.165) is 36.4 Å². The van der Waals surface area contributed by atoms with Gasteiger partial charge in [-0.1, -0.05) is 5.16 Å². The maximum Gasteiger partial charge on any atom is 0.263 e. The molecule has 0 aliphatic heterocycles. The zero-order valence-corrected chi connectivity index (χ0v) is 10.4. The molecule has 1 N–H and O–H groups in total. The Morgan fingerprint density at radius 1 is 1.35 bits per heavy atom. The molecule has 0 radical (unpaired) electrons. The van der Waals surface area contributed by atoms with E-state index < -0.39 is 0 Å². The largest absolute Gasteiger partial charge is 0.369 e. The van der Waals surface area contributed by atoms with Crippen molar-refractivity contribution in [1.82, 2.24) is 20.0 Å². The van der Waals surface area contributed by atoms with Crippen LogP contribution >= 0.6 is 0 Å². The van der Waals surface area contributed by atoms with Crippen LogP contribution in [0.1, 0.15) is 12.1 Å². The predicted octanol–water partition coefficient (Wildman–Crippen LogP) is 1.29. The number of aromatic nitrogens is 3. The number of hydrogen-bond acceptors (Lipinski definition) is 6. The van der Waals surface area contributed by atoms with Gasteiger partial charge in [0.05, 0.1) is 5.69 Å². The number of nitrogens with one attached hydrogen (secondary N) is 1. The van der Waals surface area contributed by atoms with Gasteiger partial charge in [0.25, 0.3) is 5.71 Å². The second kappa shape index (κ2) is 5.09. The minimum absolute atomic E-state index is 0.535. The van der Waals surface area contributed by atoms with Crippen LogP contribution in [0.25, 0.3) is 11.1 Å². The van der Waals surface area contributed by atoms with E-state index in [0.29, 0.717) is 5.71 Å². The van der Waals surface area contributed by atoms with E-state index in [2.05, 4.69) is 39.4 Å². The van der Waals surface area contributed by atoms with Gasteiger partial charge in [0, 0.05) is 6.54 Å². The molecule has 0 unspecified atom stereocenters. The van der Waals surface area contributed by atoms with Crippen LogP contribution in [0, 0.1) is 6.92 Å². The number of anilines is 1. The van der Waals surface area contributed by atoms with Crippen molar-refractivity contribution in [2.45, 2.75) is 13.3 Å². The zero-order chi connectivity index (χ0) is 12.3. The lowest BCUT2D eigenvalue weighted by Gasteiger charge is -2.10. The summed E-state index contributed by atoms with van der Waals surface area (Å²) in [6.07, 6.45) is 2.55. The van der Waals surface area contributed by atoms with Crippen molar-refractivity contribution in [3.63, 3.8) is 0 Å². The maximum atomic E-state index is 5.08. The lowest BCUT2D eigenvalue weighted by molar-refractivity contribution is 0.405. The second-order valence-electron chi connectivity index (χ2n) is 4.25. The maximum absolute atomic E-state index is 5.08. The van der Waals surface area contributed by atoms with Crippen LogP contribution in [0.3, 0.4) is 0 Å². The Hall–Kier alpha value is -1.69. The molecule has 0 bridgehead atoms. The molecule has 2 aromatic rings. The topological polar surface area (TPSA) is 67.1 Å². The van der Waals surface area contributed by atoms with Crippen molar-refractivity contribution < 1.29 is 4.52 Å². The molecule has 0 aromatic carbocycles. The molecule has 0 saturated carbocycles. The van der Waals surface area contributed by atoms with Crippen molar-refractivity contribution >= 4 is 16.9 Å². The molecule has 0 amide bonds. The van der Waals surface area contributed by atoms with E-state index in [1.807, 2.05) is 6.92 Å². The van der Waals surface area contributed by atoms with E-state index in [-0.39, 0.29) is 0 Å². The van der Waals surface area contributed by atoms with Crippen LogP contribution in [0.5, 0.6) is 0 Å². The van der Waals surface area contributed by atoms with Crippen LogP contribution in [0.2, 0.25) is 0 Å². The summed E-state index contributed by atoms with van der Waals surface area (Å²) < 4.78 is 5.08. The van der Waals surface area contributed by atoms with Gasteiger partial charge < -0.3 is 14.7 Å². The molecular formula is C11H17N5O. The highest BCUT2D eigenvalue weighted by Gasteiger charge is 2.10. The first-order valence-corrected chi connectivity index (χ1v) is 5.64. The van der Waals surface area contributed by atoms with Gasteiger partial charge in [0.1, 0.15) is 17.5 Å². The van der Waals surface area contributed by atoms with Crippen molar-refractivity contribution in [1.29, 1.82) is 0 Å². The summed E-state index contributed by atoms with van der Waals surface area (Å²) >= 11 is 0. The minimum atomic E-state index is 0.535. The van der Waals surface area contributed by atoms with Crippen LogP contribution in [0.4, 0.5) is 5.82 Å². The fourth-order valence-corrected chi connectivity index (χ4v) is 1.66. The van der Waals surface area contributed by atoms with Crippen LogP contribution < -0.4 is 5.32 Å². The van der Waals surface area contributed by atoms with Gasteiger partial charge in [-0.3, -0.25) is 0 Å². The summed E-state index contributed by atoms with van der Waals surface area (Å²) in [5, 5.41) is 8.05. The predicted molar refractivity (Wildman–Crippen MR) is 66.0 cm³/mol. The average Bonchev–Trinajstić information content (AvgIpc) is 2.67. The monoisotopic (exact) mass is 235 g/mol. The number of aryl methyl sites for hydroxylation is 1. The molecule has 0 spiro atoms. The van der Waals surface area contributed by atoms with Crippen LogP contribution in [0.15, 0.2) is 10.9 Å². The van der Waals surface area contributed by atoms with E-state index >= 15 is 0 Å². The molecule has 6 nitrogen and oxygen atoms in total. The molecule has 6 heteroatoms. The van der Waals surface area contributed by atoms with Gasteiger partial charge in [-0.15, -0.1) is 0 Å². The zero-order valence-electron chi connectivity index (χ0n) is 10.4. The molecule has 2 heterocycles. The molecule has 0 atom stereocenters. The van der Waals surface area contributed by atoms with E-state index in [1.54, 1.807) is 0 Å². The first-order chi connectivity index (χ1) is 8.18. The van der Waals surface area contributed by atoms with Crippen molar-refractivity contribution in [3.8, 4) is 0 Å². The third-order valence-electron chi connectivity index (χ3n) is 2.52. The van der Waals surface area contributed by atoms with E-state index in [4.69, 9.17) is 4.52 Å². The Bertz CT molecular complexity index is 494. The highest BCUT2D eigenvalue weighted by atomic mass is 16.5. The van der Waals surface area contributed by atoms with Crippen molar-refractivity contribution in [2.75, 3.05) is 32.5 Å². The van der Waals surface area contributed by atoms with Gasteiger partial charge in [0.2, 0.25) is 0 Å². The Labute approximate surface area is 100 Å². The quantitative estimate of drug-likeness (QED) is 0.788. The summed E-state index contributed by atoms with van der Waals surface area (Å²) in [5.41, 5.74) is 1.35. The van der Waals surface area contributed by atoms with Gasteiger partial charge in [-0.05, 0) is 34.0 Å². The molecule has 0 saturated heterocycles. The Kier molecular flexibility index (Phi) is 3.53. The normalized spacial score (nSPS) is 11.3. The number of fused-ring (bicyclic) bond motifs is 1. The van der Waals surface area contributed by atoms with Crippen molar-refractivity contribution in [2.24, 2.45) is 0 Å². The van der Waals surface area contributed by atoms with Gasteiger partial charge >= 0.3 is 0 Å². The van der Waals surface area contributed by atoms with Gasteiger partial charge in [-0.2, -0.15) is 4.98 Å². The molecule has 0 aliphatic rings. The molecule has 2 aromatic heterocycles. The first kappa shape index (κ1) is 11.8. The standard InChI is InChI=1S/C11H17N5O/c1-8-9-10(12-5-4-6-16(2)3)13-7-14-11(9)17-15-8/h7H,4-6H2,1-3H3,(H,12,13,14). The average molecular weight is 235 g/mol. The highest BCUT2D eigenvalue weighted by Crippen LogP contribution is 2.21. The van der Waals surface area contributed by atoms with Crippen LogP contribution in [-0.4, -0.2) is 47.2 Å². The first-order valence-electron chi connectivity index (χ1n) is 5.64. The Balaban J connectivity index is 2.05. The Morgan fingerprint density at radius 3 is 2.94 bits per heavy atom. The summed E-state index contributed by atoms with van der Waals surface area (Å²) in [5.74, 6) is 0.799. The third-order valence-corrected chi connectivity index (χ3v) is 2.52. The summed E-state index contributed by atoms with van der Waals surface area (Å²) in [7, 11) is 4.13. The van der Waals surface area contributed by atoms with Crippen LogP contribution in [-0.2, 0) is 0 Å². The number of hydrogen-bond donors (Lipinski definition) is 1. The summed E-state index contributed by atoms with van der Waals surface area (Å²) in [6.45, 7) is 3.80. The summed E-state index contributed by atoms with van der Waals surface area (Å²) in [4.78, 5) is 10.4. The number of nitrogens with zero attached hydrogens (tertiary/aromatic N) is 4. The molecular weight excluding hydrogens is 218 g/mol. The highest BCUT2D eigenvalue weighted by molar-refractivity contribution is 5.87. The fourth-order valence-electron chi connectivity index (χ4n) is 1.66. The fraction of sp³-hybridized carbons (Fsp3) is 0.545. The molecule has 0 fully saturated rings. The lowest BCUT2D eigenvalue weighted by Crippen LogP contribution is -2.16. The smallest absolute Gasteiger partial charge is 0.263 e. The van der Waals surface area contributed by atoms with E-state index in [9.17, 15) is 0 Å². The molecule has 0 aliphatic carbocycles. The number of rotatable bonds is 5.